The van der Waals surface area contributed by atoms with Gasteiger partial charge >= 0.3 is 5.97 Å². The molecule has 2 rings (SSSR count). The third kappa shape index (κ3) is 5.48. The minimum Gasteiger partial charge on any atom is -0.494 e. The monoisotopic (exact) mass is 348 g/mol. The van der Waals surface area contributed by atoms with Gasteiger partial charge in [-0.05, 0) is 50.5 Å². The van der Waals surface area contributed by atoms with E-state index < -0.39 is 5.97 Å². The fourth-order valence-electron chi connectivity index (χ4n) is 2.71. The van der Waals surface area contributed by atoms with Crippen LogP contribution in [-0.4, -0.2) is 47.0 Å². The molecule has 0 atom stereocenters. The fraction of sp³-hybridized carbons (Fsp3) is 0.500. The van der Waals surface area contributed by atoms with Crippen LogP contribution in [0.2, 0.25) is 0 Å². The Labute approximate surface area is 147 Å². The van der Waals surface area contributed by atoms with Gasteiger partial charge in [0, 0.05) is 24.6 Å². The number of nitrogens with one attached hydrogen (secondary N) is 1. The van der Waals surface area contributed by atoms with E-state index in [1.807, 2.05) is 12.1 Å². The highest BCUT2D eigenvalue weighted by Gasteiger charge is 2.19. The number of carboxylic acid groups (broad SMARTS) is 1. The molecule has 0 saturated carbocycles. The SMILES string of the molecule is CC(C)N(CC(=O)O)C(=O)CCCOc1ccc2c(c1)CCC(=O)N2. The molecule has 0 aliphatic carbocycles. The molecule has 1 aliphatic rings. The van der Waals surface area contributed by atoms with Crippen LogP contribution in [0.25, 0.3) is 0 Å². The molecule has 1 aromatic carbocycles. The quantitative estimate of drug-likeness (QED) is 0.701. The summed E-state index contributed by atoms with van der Waals surface area (Å²) in [6.07, 6.45) is 1.91. The molecule has 0 fully saturated rings. The molecule has 1 heterocycles. The number of amides is 2. The molecule has 7 nitrogen and oxygen atoms in total. The number of aryl methyl sites for hydroxylation is 1. The van der Waals surface area contributed by atoms with Crippen molar-refractivity contribution in [1.82, 2.24) is 4.90 Å². The molecule has 0 spiro atoms. The number of rotatable bonds is 8. The van der Waals surface area contributed by atoms with Crippen molar-refractivity contribution in [2.75, 3.05) is 18.5 Å². The molecular formula is C18H24N2O5. The normalized spacial score (nSPS) is 13.2. The molecule has 7 heteroatoms. The average Bonchev–Trinajstić information content (AvgIpc) is 2.56. The van der Waals surface area contributed by atoms with Crippen molar-refractivity contribution >= 4 is 23.5 Å². The first-order valence-electron chi connectivity index (χ1n) is 8.43. The largest absolute Gasteiger partial charge is 0.494 e. The van der Waals surface area contributed by atoms with E-state index in [4.69, 9.17) is 9.84 Å². The minimum atomic E-state index is -1.01. The molecule has 2 amide bonds. The number of benzene rings is 1. The van der Waals surface area contributed by atoms with Crippen molar-refractivity contribution < 1.29 is 24.2 Å². The van der Waals surface area contributed by atoms with Crippen molar-refractivity contribution in [3.63, 3.8) is 0 Å². The van der Waals surface area contributed by atoms with Crippen LogP contribution in [0.5, 0.6) is 5.75 Å². The van der Waals surface area contributed by atoms with Gasteiger partial charge in [-0.2, -0.15) is 0 Å². The maximum atomic E-state index is 12.1. The minimum absolute atomic E-state index is 0.0238. The molecule has 1 aromatic rings. The van der Waals surface area contributed by atoms with Gasteiger partial charge in [0.05, 0.1) is 6.61 Å². The van der Waals surface area contributed by atoms with Crippen LogP contribution in [0, 0.1) is 0 Å². The molecule has 0 bridgehead atoms. The van der Waals surface area contributed by atoms with E-state index in [1.165, 1.54) is 4.90 Å². The van der Waals surface area contributed by atoms with Crippen molar-refractivity contribution in [2.45, 2.75) is 45.6 Å². The maximum Gasteiger partial charge on any atom is 0.323 e. The van der Waals surface area contributed by atoms with Crippen LogP contribution in [0.4, 0.5) is 5.69 Å². The smallest absolute Gasteiger partial charge is 0.323 e. The predicted octanol–water partition coefficient (Wildman–Crippen LogP) is 2.05. The third-order valence-electron chi connectivity index (χ3n) is 4.03. The molecule has 25 heavy (non-hydrogen) atoms. The molecule has 136 valence electrons. The molecule has 0 unspecified atom stereocenters. The van der Waals surface area contributed by atoms with Gasteiger partial charge in [-0.3, -0.25) is 14.4 Å². The summed E-state index contributed by atoms with van der Waals surface area (Å²) in [7, 11) is 0. The Morgan fingerprint density at radius 2 is 2.08 bits per heavy atom. The number of carbonyl (C=O) groups is 3. The number of ether oxygens (including phenoxy) is 1. The highest BCUT2D eigenvalue weighted by molar-refractivity contribution is 5.94. The lowest BCUT2D eigenvalue weighted by Gasteiger charge is -2.24. The third-order valence-corrected chi connectivity index (χ3v) is 4.03. The number of nitrogens with zero attached hydrogens (tertiary/aromatic N) is 1. The molecule has 0 saturated heterocycles. The Hall–Kier alpha value is -2.57. The summed E-state index contributed by atoms with van der Waals surface area (Å²) in [5, 5.41) is 11.7. The zero-order valence-corrected chi connectivity index (χ0v) is 14.6. The molecule has 0 aromatic heterocycles. The van der Waals surface area contributed by atoms with Gasteiger partial charge < -0.3 is 20.1 Å². The Balaban J connectivity index is 1.80. The summed E-state index contributed by atoms with van der Waals surface area (Å²) in [5.74, 6) is -0.474. The summed E-state index contributed by atoms with van der Waals surface area (Å²) in [5.41, 5.74) is 1.86. The molecule has 0 radical (unpaired) electrons. The number of hydrogen-bond donors (Lipinski definition) is 2. The van der Waals surface area contributed by atoms with Gasteiger partial charge in [-0.1, -0.05) is 0 Å². The first kappa shape index (κ1) is 18.8. The first-order chi connectivity index (χ1) is 11.9. The topological polar surface area (TPSA) is 95.9 Å². The van der Waals surface area contributed by atoms with Crippen molar-refractivity contribution in [1.29, 1.82) is 0 Å². The van der Waals surface area contributed by atoms with Gasteiger partial charge in [0.1, 0.15) is 12.3 Å². The highest BCUT2D eigenvalue weighted by Crippen LogP contribution is 2.26. The Morgan fingerprint density at radius 1 is 1.32 bits per heavy atom. The standard InChI is InChI=1S/C18H24N2O5/c1-12(2)20(11-18(23)24)17(22)4-3-9-25-14-6-7-15-13(10-14)5-8-16(21)19-15/h6-7,10,12H,3-5,8-9,11H2,1-2H3,(H,19,21)(H,23,24). The second-order valence-corrected chi connectivity index (χ2v) is 6.33. The summed E-state index contributed by atoms with van der Waals surface area (Å²) in [6, 6.07) is 5.36. The van der Waals surface area contributed by atoms with E-state index in [-0.39, 0.29) is 30.8 Å². The number of aliphatic carboxylic acids is 1. The lowest BCUT2D eigenvalue weighted by atomic mass is 10.0. The van der Waals surface area contributed by atoms with Gasteiger partial charge in [0.2, 0.25) is 11.8 Å². The molecular weight excluding hydrogens is 324 g/mol. The van der Waals surface area contributed by atoms with Gasteiger partial charge in [0.25, 0.3) is 0 Å². The van der Waals surface area contributed by atoms with Gasteiger partial charge in [-0.15, -0.1) is 0 Å². The fourth-order valence-corrected chi connectivity index (χ4v) is 2.71. The van der Waals surface area contributed by atoms with E-state index in [2.05, 4.69) is 5.32 Å². The van der Waals surface area contributed by atoms with Crippen LogP contribution in [0.3, 0.4) is 0 Å². The Morgan fingerprint density at radius 3 is 2.76 bits per heavy atom. The van der Waals surface area contributed by atoms with Crippen molar-refractivity contribution in [3.05, 3.63) is 23.8 Å². The van der Waals surface area contributed by atoms with Crippen molar-refractivity contribution in [2.24, 2.45) is 0 Å². The summed E-state index contributed by atoms with van der Waals surface area (Å²) < 4.78 is 5.67. The number of carboxylic acids is 1. The van der Waals surface area contributed by atoms with E-state index >= 15 is 0 Å². The van der Waals surface area contributed by atoms with Crippen molar-refractivity contribution in [3.8, 4) is 5.75 Å². The van der Waals surface area contributed by atoms with Gasteiger partial charge in [-0.25, -0.2) is 0 Å². The van der Waals surface area contributed by atoms with E-state index in [1.54, 1.807) is 19.9 Å². The molecule has 1 aliphatic heterocycles. The number of fused-ring (bicyclic) bond motifs is 1. The van der Waals surface area contributed by atoms with E-state index in [0.29, 0.717) is 31.6 Å². The Bertz CT molecular complexity index is 657. The van der Waals surface area contributed by atoms with Crippen LogP contribution in [0.15, 0.2) is 18.2 Å². The van der Waals surface area contributed by atoms with E-state index in [0.717, 1.165) is 11.3 Å². The predicted molar refractivity (Wildman–Crippen MR) is 92.6 cm³/mol. The van der Waals surface area contributed by atoms with E-state index in [9.17, 15) is 14.4 Å². The zero-order chi connectivity index (χ0) is 18.4. The highest BCUT2D eigenvalue weighted by atomic mass is 16.5. The zero-order valence-electron chi connectivity index (χ0n) is 14.6. The average molecular weight is 348 g/mol. The Kier molecular flexibility index (Phi) is 6.38. The number of anilines is 1. The lowest BCUT2D eigenvalue weighted by Crippen LogP contribution is -2.40. The second kappa shape index (κ2) is 8.50. The van der Waals surface area contributed by atoms with Gasteiger partial charge in [0.15, 0.2) is 0 Å². The van der Waals surface area contributed by atoms with Crippen LogP contribution in [0.1, 0.15) is 38.7 Å². The van der Waals surface area contributed by atoms with Crippen LogP contribution >= 0.6 is 0 Å². The first-order valence-corrected chi connectivity index (χ1v) is 8.43. The lowest BCUT2D eigenvalue weighted by molar-refractivity contribution is -0.145. The second-order valence-electron chi connectivity index (χ2n) is 6.33. The number of hydrogen-bond acceptors (Lipinski definition) is 4. The summed E-state index contributed by atoms with van der Waals surface area (Å²) in [4.78, 5) is 35.6. The van der Waals surface area contributed by atoms with Crippen LogP contribution < -0.4 is 10.1 Å². The maximum absolute atomic E-state index is 12.1. The number of carbonyl (C=O) groups excluding carboxylic acids is 2. The van der Waals surface area contributed by atoms with Crippen LogP contribution in [-0.2, 0) is 20.8 Å². The summed E-state index contributed by atoms with van der Waals surface area (Å²) in [6.45, 7) is 3.68. The molecule has 2 N–H and O–H groups in total. The summed E-state index contributed by atoms with van der Waals surface area (Å²) >= 11 is 0.